The van der Waals surface area contributed by atoms with Crippen LogP contribution in [0.3, 0.4) is 0 Å². The monoisotopic (exact) mass is 565 g/mol. The number of pyridine rings is 1. The van der Waals surface area contributed by atoms with Crippen LogP contribution in [-0.2, 0) is 22.6 Å². The van der Waals surface area contributed by atoms with E-state index in [1.807, 2.05) is 59.3 Å². The van der Waals surface area contributed by atoms with Crippen LogP contribution in [0, 0.1) is 0 Å². The number of carboxylic acid groups (broad SMARTS) is 1. The number of carbonyl (C=O) groups excluding carboxylic acids is 1. The number of amides is 1. The zero-order chi connectivity index (χ0) is 29.2. The number of esters is 1. The van der Waals surface area contributed by atoms with Gasteiger partial charge in [-0.3, -0.25) is 9.48 Å². The number of likely N-dealkylation sites (tertiary alicyclic amines) is 1. The molecule has 1 amide bonds. The number of benzene rings is 3. The average molecular weight is 566 g/mol. The highest BCUT2D eigenvalue weighted by atomic mass is 16.5. The molecule has 1 atom stereocenters. The van der Waals surface area contributed by atoms with Crippen LogP contribution in [0.25, 0.3) is 32.8 Å². The van der Waals surface area contributed by atoms with E-state index in [1.165, 1.54) is 4.90 Å². The van der Waals surface area contributed by atoms with Gasteiger partial charge in [0.15, 0.2) is 0 Å². The number of nitrogens with zero attached hydrogens (tertiary/aromatic N) is 4. The summed E-state index contributed by atoms with van der Waals surface area (Å²) in [6, 6.07) is 21.5. The maximum atomic E-state index is 12.2. The van der Waals surface area contributed by atoms with Crippen LogP contribution in [0.5, 0.6) is 5.75 Å². The third-order valence-corrected chi connectivity index (χ3v) is 7.67. The van der Waals surface area contributed by atoms with Crippen LogP contribution in [0.2, 0.25) is 0 Å². The van der Waals surface area contributed by atoms with Crippen molar-refractivity contribution in [1.29, 1.82) is 0 Å². The van der Waals surface area contributed by atoms with Crippen LogP contribution < -0.4 is 10.5 Å². The lowest BCUT2D eigenvalue weighted by Crippen LogP contribution is -2.27. The summed E-state index contributed by atoms with van der Waals surface area (Å²) in [5.74, 6) is 0.742. The number of aromatic nitrogens is 3. The first-order valence-corrected chi connectivity index (χ1v) is 13.9. The summed E-state index contributed by atoms with van der Waals surface area (Å²) >= 11 is 0. The lowest BCUT2D eigenvalue weighted by Gasteiger charge is -2.14. The highest BCUT2D eigenvalue weighted by Gasteiger charge is 2.29. The van der Waals surface area contributed by atoms with Crippen LogP contribution in [0.4, 0.5) is 10.6 Å². The van der Waals surface area contributed by atoms with Crippen molar-refractivity contribution in [3.63, 3.8) is 0 Å². The van der Waals surface area contributed by atoms with Crippen molar-refractivity contribution in [2.75, 3.05) is 25.4 Å². The second kappa shape index (κ2) is 11.4. The Bertz CT molecular complexity index is 1800. The number of anilines is 1. The van der Waals surface area contributed by atoms with Gasteiger partial charge < -0.3 is 25.2 Å². The fourth-order valence-electron chi connectivity index (χ4n) is 5.56. The van der Waals surface area contributed by atoms with Crippen molar-refractivity contribution in [2.45, 2.75) is 32.4 Å². The molecule has 1 saturated heterocycles. The first-order valence-electron chi connectivity index (χ1n) is 13.9. The molecule has 10 nitrogen and oxygen atoms in total. The van der Waals surface area contributed by atoms with Crippen molar-refractivity contribution in [1.82, 2.24) is 19.7 Å². The number of nitrogen functional groups attached to an aromatic ring is 1. The Morgan fingerprint density at radius 3 is 2.62 bits per heavy atom. The molecule has 214 valence electrons. The summed E-state index contributed by atoms with van der Waals surface area (Å²) in [6.07, 6.45) is 1.55. The molecule has 5 aromatic rings. The number of hydrogen-bond donors (Lipinski definition) is 2. The Kier molecular flexibility index (Phi) is 7.35. The quantitative estimate of drug-likeness (QED) is 0.238. The highest BCUT2D eigenvalue weighted by molar-refractivity contribution is 5.95. The fraction of sp³-hybridized carbons (Fsp3) is 0.250. The molecular formula is C32H31N5O5. The minimum atomic E-state index is -0.928. The number of ether oxygens (including phenoxy) is 2. The molecule has 1 aliphatic rings. The topological polar surface area (TPSA) is 133 Å². The molecule has 3 aromatic carbocycles. The summed E-state index contributed by atoms with van der Waals surface area (Å²) in [4.78, 5) is 29.4. The minimum Gasteiger partial charge on any atom is -0.487 e. The second-order valence-electron chi connectivity index (χ2n) is 10.3. The third-order valence-electron chi connectivity index (χ3n) is 7.67. The molecule has 0 saturated carbocycles. The molecule has 10 heteroatoms. The van der Waals surface area contributed by atoms with E-state index in [1.54, 1.807) is 13.1 Å². The second-order valence-corrected chi connectivity index (χ2v) is 10.3. The zero-order valence-corrected chi connectivity index (χ0v) is 23.2. The van der Waals surface area contributed by atoms with Gasteiger partial charge >= 0.3 is 12.1 Å². The van der Waals surface area contributed by atoms with Gasteiger partial charge in [0.2, 0.25) is 0 Å². The largest absolute Gasteiger partial charge is 0.487 e. The first-order chi connectivity index (χ1) is 20.4. The first kappa shape index (κ1) is 27.1. The van der Waals surface area contributed by atoms with Crippen molar-refractivity contribution in [3.8, 4) is 16.9 Å². The maximum absolute atomic E-state index is 12.2. The van der Waals surface area contributed by atoms with Crippen LogP contribution in [0.1, 0.15) is 30.6 Å². The number of rotatable bonds is 8. The summed E-state index contributed by atoms with van der Waals surface area (Å²) in [5.41, 5.74) is 10.5. The standard InChI is InChI=1S/C32H31N5O5/c1-2-41-30(38)17-23-5-3-4-6-29(23)42-19-27-26-16-22(21-8-7-20-11-13-34-31(33)25(20)15-21)9-10-28(26)37(35-27)24-12-14-36(18-24)32(39)40/h3-11,13,15-16,24H,2,12,14,17-19H2,1H3,(H2,33,34)(H,39,40)/t24-/m1/s1. The van der Waals surface area contributed by atoms with Gasteiger partial charge in [-0.05, 0) is 60.2 Å². The van der Waals surface area contributed by atoms with Gasteiger partial charge in [0.25, 0.3) is 0 Å². The Hall–Kier alpha value is -5.12. The summed E-state index contributed by atoms with van der Waals surface area (Å²) in [7, 11) is 0. The van der Waals surface area contributed by atoms with Crippen molar-refractivity contribution in [3.05, 3.63) is 84.2 Å². The Morgan fingerprint density at radius 2 is 1.83 bits per heavy atom. The third kappa shape index (κ3) is 5.30. The lowest BCUT2D eigenvalue weighted by atomic mass is 10.00. The van der Waals surface area contributed by atoms with Gasteiger partial charge in [0, 0.05) is 35.6 Å². The maximum Gasteiger partial charge on any atom is 0.407 e. The van der Waals surface area contributed by atoms with Gasteiger partial charge in [-0.25, -0.2) is 9.78 Å². The van der Waals surface area contributed by atoms with E-state index in [-0.39, 0.29) is 25.0 Å². The van der Waals surface area contributed by atoms with E-state index in [0.717, 1.165) is 38.4 Å². The predicted molar refractivity (Wildman–Crippen MR) is 159 cm³/mol. The molecule has 3 heterocycles. The fourth-order valence-corrected chi connectivity index (χ4v) is 5.56. The SMILES string of the molecule is CCOC(=O)Cc1ccccc1OCc1nn([C@@H]2CCN(C(=O)O)C2)c2ccc(-c3ccc4ccnc(N)c4c3)cc12. The molecule has 0 bridgehead atoms. The molecule has 42 heavy (non-hydrogen) atoms. The van der Waals surface area contributed by atoms with Crippen LogP contribution >= 0.6 is 0 Å². The Balaban J connectivity index is 1.37. The van der Waals surface area contributed by atoms with Crippen LogP contribution in [-0.4, -0.2) is 56.5 Å². The van der Waals surface area contributed by atoms with E-state index >= 15 is 0 Å². The molecule has 1 fully saturated rings. The van der Waals surface area contributed by atoms with Gasteiger partial charge in [0.1, 0.15) is 23.9 Å². The number of hydrogen-bond acceptors (Lipinski definition) is 7. The molecule has 0 unspecified atom stereocenters. The highest BCUT2D eigenvalue weighted by Crippen LogP contribution is 2.33. The summed E-state index contributed by atoms with van der Waals surface area (Å²) < 4.78 is 13.3. The van der Waals surface area contributed by atoms with Crippen molar-refractivity contribution >= 4 is 39.6 Å². The molecule has 2 aromatic heterocycles. The van der Waals surface area contributed by atoms with Gasteiger partial charge in [-0.2, -0.15) is 5.10 Å². The molecule has 6 rings (SSSR count). The minimum absolute atomic E-state index is 0.0918. The van der Waals surface area contributed by atoms with Gasteiger partial charge in [-0.1, -0.05) is 36.4 Å². The molecule has 0 radical (unpaired) electrons. The van der Waals surface area contributed by atoms with E-state index < -0.39 is 6.09 Å². The number of nitrogens with two attached hydrogens (primary N) is 1. The van der Waals surface area contributed by atoms with Gasteiger partial charge in [-0.15, -0.1) is 0 Å². The predicted octanol–water partition coefficient (Wildman–Crippen LogP) is 5.44. The molecule has 3 N–H and O–H groups in total. The Labute approximate surface area is 242 Å². The van der Waals surface area contributed by atoms with E-state index in [0.29, 0.717) is 43.4 Å². The molecule has 0 spiro atoms. The van der Waals surface area contributed by atoms with E-state index in [9.17, 15) is 14.7 Å². The number of fused-ring (bicyclic) bond motifs is 2. The zero-order valence-electron chi connectivity index (χ0n) is 23.2. The van der Waals surface area contributed by atoms with Crippen LogP contribution in [0.15, 0.2) is 72.9 Å². The average Bonchev–Trinajstić information content (AvgIpc) is 3.62. The van der Waals surface area contributed by atoms with Crippen molar-refractivity contribution in [2.24, 2.45) is 0 Å². The van der Waals surface area contributed by atoms with E-state index in [4.69, 9.17) is 20.3 Å². The smallest absolute Gasteiger partial charge is 0.407 e. The normalized spacial score (nSPS) is 14.9. The van der Waals surface area contributed by atoms with E-state index in [2.05, 4.69) is 17.1 Å². The molecular weight excluding hydrogens is 534 g/mol. The summed E-state index contributed by atoms with van der Waals surface area (Å²) in [6.45, 7) is 3.08. The summed E-state index contributed by atoms with van der Waals surface area (Å²) in [5, 5.41) is 17.3. The van der Waals surface area contributed by atoms with Gasteiger partial charge in [0.05, 0.1) is 24.6 Å². The number of carbonyl (C=O) groups is 2. The molecule has 0 aliphatic carbocycles. The Morgan fingerprint density at radius 1 is 1.05 bits per heavy atom. The van der Waals surface area contributed by atoms with Crippen molar-refractivity contribution < 1.29 is 24.2 Å². The molecule has 1 aliphatic heterocycles. The number of para-hydroxylation sites is 1. The lowest BCUT2D eigenvalue weighted by molar-refractivity contribution is -0.142.